The molecular weight excluding hydrogens is 404 g/mol. The van der Waals surface area contributed by atoms with Gasteiger partial charge in [-0.1, -0.05) is 12.1 Å². The third-order valence-electron chi connectivity index (χ3n) is 6.35. The highest BCUT2D eigenvalue weighted by Crippen LogP contribution is 2.40. The van der Waals surface area contributed by atoms with E-state index in [1.807, 2.05) is 18.6 Å². The van der Waals surface area contributed by atoms with E-state index in [-0.39, 0.29) is 0 Å². The van der Waals surface area contributed by atoms with Crippen molar-refractivity contribution in [2.45, 2.75) is 39.5 Å². The molecule has 4 aromatic rings. The van der Waals surface area contributed by atoms with Crippen molar-refractivity contribution in [3.8, 4) is 21.7 Å². The second kappa shape index (κ2) is 8.02. The summed E-state index contributed by atoms with van der Waals surface area (Å²) in [5.41, 5.74) is 13.1. The van der Waals surface area contributed by atoms with E-state index in [2.05, 4.69) is 48.9 Å². The first-order valence-electron chi connectivity index (χ1n) is 10.7. The Morgan fingerprint density at radius 3 is 2.61 bits per heavy atom. The summed E-state index contributed by atoms with van der Waals surface area (Å²) in [7, 11) is 0. The molecule has 0 atom stereocenters. The Morgan fingerprint density at radius 1 is 1.00 bits per heavy atom. The molecule has 0 radical (unpaired) electrons. The Hall–Kier alpha value is -2.83. The fourth-order valence-corrected chi connectivity index (χ4v) is 5.64. The first-order chi connectivity index (χ1) is 15.0. The van der Waals surface area contributed by atoms with Gasteiger partial charge in [0.1, 0.15) is 10.8 Å². The largest absolute Gasteiger partial charge is 0.383 e. The van der Waals surface area contributed by atoms with Gasteiger partial charge < -0.3 is 10.5 Å². The summed E-state index contributed by atoms with van der Waals surface area (Å²) in [6.45, 7) is 8.00. The number of nitrogens with zero attached hydrogens (tertiary/aromatic N) is 3. The number of rotatable bonds is 3. The molecule has 0 amide bonds. The van der Waals surface area contributed by atoms with Crippen molar-refractivity contribution in [2.75, 3.05) is 18.9 Å². The van der Waals surface area contributed by atoms with Crippen LogP contribution in [0.5, 0.6) is 0 Å². The maximum Gasteiger partial charge on any atom is 0.131 e. The van der Waals surface area contributed by atoms with Crippen LogP contribution < -0.4 is 5.73 Å². The van der Waals surface area contributed by atoms with Crippen molar-refractivity contribution in [1.29, 1.82) is 0 Å². The molecule has 0 spiro atoms. The van der Waals surface area contributed by atoms with Crippen LogP contribution in [0, 0.1) is 20.8 Å². The molecule has 0 bridgehead atoms. The zero-order valence-corrected chi connectivity index (χ0v) is 18.9. The highest BCUT2D eigenvalue weighted by atomic mass is 32.1. The minimum Gasteiger partial charge on any atom is -0.383 e. The topological polar surface area (TPSA) is 73.9 Å². The SMILES string of the molecule is Cc1cncc(-c2ccc3c(-c4nc(C)c(C5CCOCC5)s4)cnc(N)c3c2)c1C. The Labute approximate surface area is 186 Å². The van der Waals surface area contributed by atoms with Crippen LogP contribution in [0.4, 0.5) is 5.82 Å². The van der Waals surface area contributed by atoms with Crippen LogP contribution in [0.15, 0.2) is 36.8 Å². The Balaban J connectivity index is 1.61. The van der Waals surface area contributed by atoms with E-state index in [1.165, 1.54) is 16.0 Å². The van der Waals surface area contributed by atoms with Gasteiger partial charge in [0.2, 0.25) is 0 Å². The van der Waals surface area contributed by atoms with Gasteiger partial charge in [-0.25, -0.2) is 9.97 Å². The van der Waals surface area contributed by atoms with Gasteiger partial charge in [-0.15, -0.1) is 11.3 Å². The Kier molecular flexibility index (Phi) is 5.20. The van der Waals surface area contributed by atoms with Gasteiger partial charge in [-0.3, -0.25) is 4.98 Å². The van der Waals surface area contributed by atoms with Crippen LogP contribution in [0.2, 0.25) is 0 Å². The third-order valence-corrected chi connectivity index (χ3v) is 7.70. The first kappa shape index (κ1) is 20.1. The summed E-state index contributed by atoms with van der Waals surface area (Å²) in [5, 5.41) is 3.05. The molecule has 1 aromatic carbocycles. The van der Waals surface area contributed by atoms with Crippen molar-refractivity contribution in [2.24, 2.45) is 0 Å². The minimum absolute atomic E-state index is 0.538. The van der Waals surface area contributed by atoms with Gasteiger partial charge >= 0.3 is 0 Å². The average Bonchev–Trinajstić information content (AvgIpc) is 3.18. The van der Waals surface area contributed by atoms with Gasteiger partial charge in [-0.2, -0.15) is 0 Å². The molecule has 1 aliphatic rings. The predicted molar refractivity (Wildman–Crippen MR) is 127 cm³/mol. The van der Waals surface area contributed by atoms with Crippen LogP contribution >= 0.6 is 11.3 Å². The van der Waals surface area contributed by atoms with Crippen molar-refractivity contribution in [3.05, 3.63) is 58.5 Å². The number of aryl methyl sites for hydroxylation is 2. The van der Waals surface area contributed by atoms with E-state index < -0.39 is 0 Å². The molecular formula is C25H26N4OS. The lowest BCUT2D eigenvalue weighted by Crippen LogP contribution is -2.13. The predicted octanol–water partition coefficient (Wildman–Crippen LogP) is 5.82. The van der Waals surface area contributed by atoms with Crippen LogP contribution in [0.25, 0.3) is 32.5 Å². The van der Waals surface area contributed by atoms with E-state index in [1.54, 1.807) is 11.3 Å². The molecule has 6 heteroatoms. The monoisotopic (exact) mass is 430 g/mol. The molecule has 1 aliphatic heterocycles. The molecule has 31 heavy (non-hydrogen) atoms. The number of ether oxygens (including phenoxy) is 1. The van der Waals surface area contributed by atoms with E-state index in [0.717, 1.165) is 64.2 Å². The number of pyridine rings is 2. The van der Waals surface area contributed by atoms with Crippen LogP contribution in [0.1, 0.15) is 40.5 Å². The van der Waals surface area contributed by atoms with Crippen molar-refractivity contribution >= 4 is 27.9 Å². The number of aromatic nitrogens is 3. The van der Waals surface area contributed by atoms with Crippen LogP contribution in [-0.4, -0.2) is 28.2 Å². The molecule has 4 heterocycles. The number of fused-ring (bicyclic) bond motifs is 1. The van der Waals surface area contributed by atoms with Gasteiger partial charge in [0.15, 0.2) is 0 Å². The molecule has 0 saturated carbocycles. The summed E-state index contributed by atoms with van der Waals surface area (Å²) in [6, 6.07) is 6.42. The van der Waals surface area contributed by atoms with Crippen molar-refractivity contribution in [1.82, 2.24) is 15.0 Å². The second-order valence-corrected chi connectivity index (χ2v) is 9.33. The number of hydrogen-bond donors (Lipinski definition) is 1. The Morgan fingerprint density at radius 2 is 1.81 bits per heavy atom. The normalized spacial score (nSPS) is 14.9. The zero-order valence-electron chi connectivity index (χ0n) is 18.1. The molecule has 5 rings (SSSR count). The standard InChI is InChI=1S/C25H26N4OS/c1-14-11-27-12-21(15(14)2)18-4-5-19-20(10-18)24(26)28-13-22(19)25-29-16(3)23(31-25)17-6-8-30-9-7-17/h4-5,10-13,17H,6-9H2,1-3H3,(H2,26,28). The van der Waals surface area contributed by atoms with Gasteiger partial charge in [0.25, 0.3) is 0 Å². The lowest BCUT2D eigenvalue weighted by Gasteiger charge is -2.21. The van der Waals surface area contributed by atoms with E-state index >= 15 is 0 Å². The highest BCUT2D eigenvalue weighted by molar-refractivity contribution is 7.15. The van der Waals surface area contributed by atoms with Crippen molar-refractivity contribution < 1.29 is 4.74 Å². The number of nitrogen functional groups attached to an aromatic ring is 1. The summed E-state index contributed by atoms with van der Waals surface area (Å²) >= 11 is 1.79. The zero-order chi connectivity index (χ0) is 21.5. The summed E-state index contributed by atoms with van der Waals surface area (Å²) in [6.07, 6.45) is 7.81. The number of hydrogen-bond acceptors (Lipinski definition) is 6. The average molecular weight is 431 g/mol. The third kappa shape index (κ3) is 3.60. The lowest BCUT2D eigenvalue weighted by atomic mass is 9.96. The van der Waals surface area contributed by atoms with Gasteiger partial charge in [0.05, 0.1) is 5.69 Å². The molecule has 0 unspecified atom stereocenters. The highest BCUT2D eigenvalue weighted by Gasteiger charge is 2.22. The molecule has 0 aliphatic carbocycles. The van der Waals surface area contributed by atoms with Gasteiger partial charge in [-0.05, 0) is 67.7 Å². The first-order valence-corrected chi connectivity index (χ1v) is 11.5. The van der Waals surface area contributed by atoms with Gasteiger partial charge in [0, 0.05) is 53.2 Å². The van der Waals surface area contributed by atoms with Crippen LogP contribution in [-0.2, 0) is 4.74 Å². The molecule has 2 N–H and O–H groups in total. The van der Waals surface area contributed by atoms with E-state index in [4.69, 9.17) is 15.5 Å². The molecule has 1 fully saturated rings. The molecule has 1 saturated heterocycles. The fraction of sp³-hybridized carbons (Fsp3) is 0.320. The number of nitrogens with two attached hydrogens (primary N) is 1. The second-order valence-electron chi connectivity index (χ2n) is 8.30. The molecule has 158 valence electrons. The smallest absolute Gasteiger partial charge is 0.131 e. The number of anilines is 1. The Bertz CT molecular complexity index is 1270. The van der Waals surface area contributed by atoms with Crippen molar-refractivity contribution in [3.63, 3.8) is 0 Å². The molecule has 5 nitrogen and oxygen atoms in total. The number of benzene rings is 1. The van der Waals surface area contributed by atoms with E-state index in [0.29, 0.717) is 11.7 Å². The molecule has 3 aromatic heterocycles. The van der Waals surface area contributed by atoms with Crippen LogP contribution in [0.3, 0.4) is 0 Å². The fourth-order valence-electron chi connectivity index (χ4n) is 4.38. The van der Waals surface area contributed by atoms with E-state index in [9.17, 15) is 0 Å². The maximum atomic E-state index is 6.31. The number of thiazole rings is 1. The summed E-state index contributed by atoms with van der Waals surface area (Å²) in [4.78, 5) is 15.2. The quantitative estimate of drug-likeness (QED) is 0.443. The maximum absolute atomic E-state index is 6.31. The lowest BCUT2D eigenvalue weighted by molar-refractivity contribution is 0.0858. The summed E-state index contributed by atoms with van der Waals surface area (Å²) < 4.78 is 5.54. The minimum atomic E-state index is 0.538. The summed E-state index contributed by atoms with van der Waals surface area (Å²) in [5.74, 6) is 1.08.